The highest BCUT2D eigenvalue weighted by atomic mass is 127. The number of halogens is 2. The molecule has 92 valence electrons. The first-order valence-electron chi connectivity index (χ1n) is 5.18. The summed E-state index contributed by atoms with van der Waals surface area (Å²) in [6, 6.07) is 12.7. The van der Waals surface area contributed by atoms with Gasteiger partial charge < -0.3 is 11.1 Å². The highest BCUT2D eigenvalue weighted by Crippen LogP contribution is 2.21. The van der Waals surface area contributed by atoms with Crippen molar-refractivity contribution in [2.24, 2.45) is 0 Å². The number of nitrogen functional groups attached to an aromatic ring is 1. The molecule has 0 aliphatic rings. The van der Waals surface area contributed by atoms with Crippen LogP contribution in [-0.4, -0.2) is 5.91 Å². The largest absolute Gasteiger partial charge is 0.399 e. The maximum atomic E-state index is 12.1. The van der Waals surface area contributed by atoms with Gasteiger partial charge >= 0.3 is 0 Å². The van der Waals surface area contributed by atoms with Crippen molar-refractivity contribution in [2.75, 3.05) is 11.1 Å². The van der Waals surface area contributed by atoms with E-state index in [-0.39, 0.29) is 5.91 Å². The number of amides is 1. The van der Waals surface area contributed by atoms with Gasteiger partial charge in [-0.25, -0.2) is 0 Å². The molecule has 0 aliphatic heterocycles. The Balaban J connectivity index is 2.24. The second kappa shape index (κ2) is 5.71. The van der Waals surface area contributed by atoms with Crippen molar-refractivity contribution in [2.45, 2.75) is 0 Å². The number of benzene rings is 2. The maximum absolute atomic E-state index is 12.1. The predicted molar refractivity (Wildman–Crippen MR) is 85.7 cm³/mol. The Hall–Kier alpha value is -1.08. The molecule has 0 atom stereocenters. The number of rotatable bonds is 2. The van der Waals surface area contributed by atoms with Gasteiger partial charge in [-0.05, 0) is 74.9 Å². The van der Waals surface area contributed by atoms with Crippen molar-refractivity contribution in [1.29, 1.82) is 0 Å². The summed E-state index contributed by atoms with van der Waals surface area (Å²) in [5.74, 6) is -0.161. The number of nitrogens with two attached hydrogens (primary N) is 1. The first-order chi connectivity index (χ1) is 8.56. The molecule has 2 aromatic rings. The summed E-state index contributed by atoms with van der Waals surface area (Å²) in [4.78, 5) is 12.1. The molecule has 0 spiro atoms. The Kier molecular flexibility index (Phi) is 4.23. The molecule has 0 saturated heterocycles. The summed E-state index contributed by atoms with van der Waals surface area (Å²) in [5.41, 5.74) is 7.57. The smallest absolute Gasteiger partial charge is 0.256 e. The second-order valence-corrected chi connectivity index (χ2v) is 5.80. The van der Waals surface area contributed by atoms with Crippen LogP contribution >= 0.6 is 38.5 Å². The molecule has 2 rings (SSSR count). The van der Waals surface area contributed by atoms with E-state index in [4.69, 9.17) is 5.73 Å². The average molecular weight is 417 g/mol. The van der Waals surface area contributed by atoms with Gasteiger partial charge in [-0.1, -0.05) is 6.07 Å². The van der Waals surface area contributed by atoms with Crippen LogP contribution < -0.4 is 11.1 Å². The molecular formula is C13H10BrIN2O. The van der Waals surface area contributed by atoms with E-state index in [0.717, 1.165) is 8.04 Å². The van der Waals surface area contributed by atoms with E-state index < -0.39 is 0 Å². The van der Waals surface area contributed by atoms with Crippen LogP contribution in [0, 0.1) is 3.57 Å². The van der Waals surface area contributed by atoms with Gasteiger partial charge in [0, 0.05) is 19.4 Å². The van der Waals surface area contributed by atoms with Gasteiger partial charge in [-0.3, -0.25) is 4.79 Å². The van der Waals surface area contributed by atoms with E-state index in [0.29, 0.717) is 16.9 Å². The number of hydrogen-bond acceptors (Lipinski definition) is 2. The lowest BCUT2D eigenvalue weighted by atomic mass is 10.2. The quantitative estimate of drug-likeness (QED) is 0.576. The van der Waals surface area contributed by atoms with Gasteiger partial charge in [0.05, 0.1) is 5.56 Å². The fraction of sp³-hybridized carbons (Fsp3) is 0. The Morgan fingerprint density at radius 1 is 1.22 bits per heavy atom. The van der Waals surface area contributed by atoms with Gasteiger partial charge in [0.25, 0.3) is 5.91 Å². The van der Waals surface area contributed by atoms with E-state index in [1.54, 1.807) is 24.3 Å². The van der Waals surface area contributed by atoms with Crippen LogP contribution in [0.25, 0.3) is 0 Å². The van der Waals surface area contributed by atoms with Crippen LogP contribution in [0.2, 0.25) is 0 Å². The van der Waals surface area contributed by atoms with Gasteiger partial charge in [0.2, 0.25) is 0 Å². The van der Waals surface area contributed by atoms with Crippen LogP contribution in [0.1, 0.15) is 10.4 Å². The third kappa shape index (κ3) is 3.23. The first-order valence-corrected chi connectivity index (χ1v) is 7.05. The molecule has 0 fully saturated rings. The molecule has 3 N–H and O–H groups in total. The van der Waals surface area contributed by atoms with Gasteiger partial charge in [-0.2, -0.15) is 0 Å². The molecule has 0 heterocycles. The third-order valence-electron chi connectivity index (χ3n) is 2.32. The van der Waals surface area contributed by atoms with Crippen molar-refractivity contribution < 1.29 is 4.79 Å². The fourth-order valence-electron chi connectivity index (χ4n) is 1.49. The third-order valence-corrected chi connectivity index (χ3v) is 3.68. The van der Waals surface area contributed by atoms with E-state index >= 15 is 0 Å². The van der Waals surface area contributed by atoms with Crippen LogP contribution in [0.5, 0.6) is 0 Å². The highest BCUT2D eigenvalue weighted by molar-refractivity contribution is 14.1. The van der Waals surface area contributed by atoms with Gasteiger partial charge in [0.1, 0.15) is 0 Å². The normalized spacial score (nSPS) is 10.1. The zero-order valence-corrected chi connectivity index (χ0v) is 13.0. The minimum atomic E-state index is -0.161. The molecule has 0 aliphatic carbocycles. The Morgan fingerprint density at radius 2 is 2.00 bits per heavy atom. The van der Waals surface area contributed by atoms with E-state index in [1.807, 2.05) is 18.2 Å². The molecule has 0 saturated carbocycles. The minimum absolute atomic E-state index is 0.161. The first kappa shape index (κ1) is 13.4. The molecule has 5 heteroatoms. The van der Waals surface area contributed by atoms with Crippen molar-refractivity contribution in [1.82, 2.24) is 0 Å². The molecule has 0 aromatic heterocycles. The summed E-state index contributed by atoms with van der Waals surface area (Å²) < 4.78 is 1.78. The lowest BCUT2D eigenvalue weighted by Crippen LogP contribution is -2.12. The molecule has 0 radical (unpaired) electrons. The summed E-state index contributed by atoms with van der Waals surface area (Å²) in [7, 11) is 0. The summed E-state index contributed by atoms with van der Waals surface area (Å²) in [5, 5.41) is 2.81. The average Bonchev–Trinajstić information content (AvgIpc) is 2.32. The van der Waals surface area contributed by atoms with Crippen molar-refractivity contribution in [3.63, 3.8) is 0 Å². The highest BCUT2D eigenvalue weighted by Gasteiger charge is 2.10. The van der Waals surface area contributed by atoms with Crippen molar-refractivity contribution >= 4 is 55.8 Å². The monoisotopic (exact) mass is 416 g/mol. The topological polar surface area (TPSA) is 55.1 Å². The van der Waals surface area contributed by atoms with Crippen LogP contribution in [0.3, 0.4) is 0 Å². The predicted octanol–water partition coefficient (Wildman–Crippen LogP) is 3.89. The SMILES string of the molecule is Nc1cccc(NC(=O)c2cc(I)ccc2Br)c1. The fourth-order valence-corrected chi connectivity index (χ4v) is 2.40. The number of carbonyl (C=O) groups excluding carboxylic acids is 1. The Labute approximate surface area is 127 Å². The minimum Gasteiger partial charge on any atom is -0.399 e. The van der Waals surface area contributed by atoms with E-state index in [9.17, 15) is 4.79 Å². The molecule has 1 amide bonds. The number of nitrogens with one attached hydrogen (secondary N) is 1. The molecule has 0 bridgehead atoms. The molecule has 0 unspecified atom stereocenters. The summed E-state index contributed by atoms with van der Waals surface area (Å²) in [6.07, 6.45) is 0. The Bertz CT molecular complexity index is 601. The number of hydrogen-bond donors (Lipinski definition) is 2. The zero-order valence-electron chi connectivity index (χ0n) is 9.28. The molecule has 2 aromatic carbocycles. The summed E-state index contributed by atoms with van der Waals surface area (Å²) in [6.45, 7) is 0. The van der Waals surface area contributed by atoms with Gasteiger partial charge in [0.15, 0.2) is 0 Å². The Morgan fingerprint density at radius 3 is 2.72 bits per heavy atom. The van der Waals surface area contributed by atoms with Crippen LogP contribution in [-0.2, 0) is 0 Å². The molecule has 3 nitrogen and oxygen atoms in total. The van der Waals surface area contributed by atoms with Gasteiger partial charge in [-0.15, -0.1) is 0 Å². The molecule has 18 heavy (non-hydrogen) atoms. The standard InChI is InChI=1S/C13H10BrIN2O/c14-12-5-4-8(15)6-11(12)13(18)17-10-3-1-2-9(16)7-10/h1-7H,16H2,(H,17,18). The van der Waals surface area contributed by atoms with E-state index in [1.165, 1.54) is 0 Å². The van der Waals surface area contributed by atoms with Crippen molar-refractivity contribution in [3.05, 3.63) is 56.1 Å². The maximum Gasteiger partial charge on any atom is 0.256 e. The van der Waals surface area contributed by atoms with E-state index in [2.05, 4.69) is 43.8 Å². The number of anilines is 2. The zero-order chi connectivity index (χ0) is 13.1. The van der Waals surface area contributed by atoms with Crippen LogP contribution in [0.15, 0.2) is 46.9 Å². The second-order valence-electron chi connectivity index (χ2n) is 3.70. The summed E-state index contributed by atoms with van der Waals surface area (Å²) >= 11 is 5.54. The lowest BCUT2D eigenvalue weighted by Gasteiger charge is -2.08. The van der Waals surface area contributed by atoms with Crippen molar-refractivity contribution in [3.8, 4) is 0 Å². The lowest BCUT2D eigenvalue weighted by molar-refractivity contribution is 0.102. The number of carbonyl (C=O) groups is 1. The van der Waals surface area contributed by atoms with Crippen LogP contribution in [0.4, 0.5) is 11.4 Å². The molecular weight excluding hydrogens is 407 g/mol.